The molecule has 2 rings (SSSR count). The standard InChI is InChI=1S/C18H29FN2/c1-4-20-17(14-15-8-10-16(19)11-9-15)18(21(2)3)12-6-5-7-13-18/h8-11,17,20H,4-7,12-14H2,1-3H3. The molecule has 21 heavy (non-hydrogen) atoms. The van der Waals surface area contributed by atoms with E-state index in [0.29, 0.717) is 6.04 Å². The Morgan fingerprint density at radius 3 is 2.29 bits per heavy atom. The van der Waals surface area contributed by atoms with Crippen molar-refractivity contribution < 1.29 is 4.39 Å². The summed E-state index contributed by atoms with van der Waals surface area (Å²) in [6.45, 7) is 3.14. The van der Waals surface area contributed by atoms with Gasteiger partial charge in [0.1, 0.15) is 5.82 Å². The fourth-order valence-electron chi connectivity index (χ4n) is 3.83. The van der Waals surface area contributed by atoms with Gasteiger partial charge in [-0.15, -0.1) is 0 Å². The molecule has 1 aromatic carbocycles. The highest BCUT2D eigenvalue weighted by Crippen LogP contribution is 2.36. The van der Waals surface area contributed by atoms with Gasteiger partial charge in [0.25, 0.3) is 0 Å². The normalized spacial score (nSPS) is 19.7. The lowest BCUT2D eigenvalue weighted by Crippen LogP contribution is -2.60. The lowest BCUT2D eigenvalue weighted by molar-refractivity contribution is 0.0575. The lowest BCUT2D eigenvalue weighted by Gasteiger charge is -2.49. The molecule has 0 bridgehead atoms. The maximum absolute atomic E-state index is 13.1. The zero-order chi connectivity index (χ0) is 15.3. The monoisotopic (exact) mass is 292 g/mol. The van der Waals surface area contributed by atoms with E-state index in [9.17, 15) is 4.39 Å². The summed E-state index contributed by atoms with van der Waals surface area (Å²) in [7, 11) is 4.42. The van der Waals surface area contributed by atoms with Gasteiger partial charge in [0.15, 0.2) is 0 Å². The fourth-order valence-corrected chi connectivity index (χ4v) is 3.83. The molecule has 0 heterocycles. The summed E-state index contributed by atoms with van der Waals surface area (Å²) in [6, 6.07) is 7.41. The average molecular weight is 292 g/mol. The second kappa shape index (κ2) is 7.37. The van der Waals surface area contributed by atoms with Gasteiger partial charge >= 0.3 is 0 Å². The van der Waals surface area contributed by atoms with Crippen LogP contribution in [0.25, 0.3) is 0 Å². The summed E-state index contributed by atoms with van der Waals surface area (Å²) < 4.78 is 13.1. The first-order valence-electron chi connectivity index (χ1n) is 8.24. The van der Waals surface area contributed by atoms with Gasteiger partial charge in [-0.2, -0.15) is 0 Å². The molecule has 1 saturated carbocycles. The maximum atomic E-state index is 13.1. The molecule has 0 radical (unpaired) electrons. The number of hydrogen-bond donors (Lipinski definition) is 1. The minimum absolute atomic E-state index is 0.154. The van der Waals surface area contributed by atoms with Crippen molar-refractivity contribution in [2.45, 2.75) is 57.0 Å². The Labute approximate surface area is 128 Å². The molecule has 118 valence electrons. The number of hydrogen-bond acceptors (Lipinski definition) is 2. The predicted octanol–water partition coefficient (Wildman–Crippen LogP) is 3.61. The minimum Gasteiger partial charge on any atom is -0.312 e. The molecule has 1 unspecified atom stereocenters. The zero-order valence-electron chi connectivity index (χ0n) is 13.7. The van der Waals surface area contributed by atoms with Gasteiger partial charge in [0.05, 0.1) is 0 Å². The van der Waals surface area contributed by atoms with Crippen LogP contribution in [-0.4, -0.2) is 37.1 Å². The van der Waals surface area contributed by atoms with Gasteiger partial charge in [-0.25, -0.2) is 4.39 Å². The van der Waals surface area contributed by atoms with Crippen molar-refractivity contribution in [1.82, 2.24) is 10.2 Å². The van der Waals surface area contributed by atoms with Gasteiger partial charge in [-0.3, -0.25) is 0 Å². The van der Waals surface area contributed by atoms with E-state index < -0.39 is 0 Å². The van der Waals surface area contributed by atoms with Crippen molar-refractivity contribution in [1.29, 1.82) is 0 Å². The third kappa shape index (κ3) is 3.83. The summed E-state index contributed by atoms with van der Waals surface area (Å²) in [4.78, 5) is 2.42. The molecule has 1 aromatic rings. The second-order valence-electron chi connectivity index (χ2n) is 6.50. The highest BCUT2D eigenvalue weighted by Gasteiger charge is 2.41. The van der Waals surface area contributed by atoms with E-state index >= 15 is 0 Å². The molecule has 1 N–H and O–H groups in total. The van der Waals surface area contributed by atoms with E-state index in [-0.39, 0.29) is 11.4 Å². The zero-order valence-corrected chi connectivity index (χ0v) is 13.7. The van der Waals surface area contributed by atoms with Crippen molar-refractivity contribution >= 4 is 0 Å². The molecule has 2 nitrogen and oxygen atoms in total. The van der Waals surface area contributed by atoms with Crippen LogP contribution < -0.4 is 5.32 Å². The van der Waals surface area contributed by atoms with Gasteiger partial charge < -0.3 is 10.2 Å². The summed E-state index contributed by atoms with van der Waals surface area (Å²) in [5.41, 5.74) is 1.44. The molecule has 0 amide bonds. The number of likely N-dealkylation sites (N-methyl/N-ethyl adjacent to an activating group) is 2. The third-order valence-corrected chi connectivity index (χ3v) is 5.06. The van der Waals surface area contributed by atoms with E-state index in [2.05, 4.69) is 31.2 Å². The van der Waals surface area contributed by atoms with Gasteiger partial charge in [0, 0.05) is 11.6 Å². The van der Waals surface area contributed by atoms with Crippen LogP contribution in [0.2, 0.25) is 0 Å². The van der Waals surface area contributed by atoms with Crippen LogP contribution in [0.4, 0.5) is 4.39 Å². The Balaban J connectivity index is 2.20. The summed E-state index contributed by atoms with van der Waals surface area (Å²) >= 11 is 0. The Morgan fingerprint density at radius 1 is 1.14 bits per heavy atom. The molecule has 1 atom stereocenters. The Kier molecular flexibility index (Phi) is 5.77. The van der Waals surface area contributed by atoms with Crippen molar-refractivity contribution in [3.05, 3.63) is 35.6 Å². The van der Waals surface area contributed by atoms with Crippen molar-refractivity contribution in [3.63, 3.8) is 0 Å². The quantitative estimate of drug-likeness (QED) is 0.861. The van der Waals surface area contributed by atoms with Crippen molar-refractivity contribution in [2.75, 3.05) is 20.6 Å². The van der Waals surface area contributed by atoms with Gasteiger partial charge in [0.2, 0.25) is 0 Å². The van der Waals surface area contributed by atoms with Crippen LogP contribution in [-0.2, 0) is 6.42 Å². The smallest absolute Gasteiger partial charge is 0.123 e. The Bertz CT molecular complexity index is 421. The molecule has 0 saturated heterocycles. The molecular formula is C18H29FN2. The number of nitrogens with zero attached hydrogens (tertiary/aromatic N) is 1. The molecule has 0 aliphatic heterocycles. The third-order valence-electron chi connectivity index (χ3n) is 5.06. The maximum Gasteiger partial charge on any atom is 0.123 e. The van der Waals surface area contributed by atoms with Crippen LogP contribution in [0.1, 0.15) is 44.6 Å². The number of benzene rings is 1. The Hall–Kier alpha value is -0.930. The number of nitrogens with one attached hydrogen (secondary N) is 1. The largest absolute Gasteiger partial charge is 0.312 e. The van der Waals surface area contributed by atoms with Crippen LogP contribution in [0.15, 0.2) is 24.3 Å². The topological polar surface area (TPSA) is 15.3 Å². The SMILES string of the molecule is CCNC(Cc1ccc(F)cc1)C1(N(C)C)CCCCC1. The van der Waals surface area contributed by atoms with Gasteiger partial charge in [-0.1, -0.05) is 38.3 Å². The van der Waals surface area contributed by atoms with Gasteiger partial charge in [-0.05, 0) is 57.6 Å². The van der Waals surface area contributed by atoms with E-state index in [1.165, 1.54) is 37.7 Å². The average Bonchev–Trinajstić information content (AvgIpc) is 2.49. The molecule has 1 fully saturated rings. The molecule has 1 aliphatic rings. The summed E-state index contributed by atoms with van der Waals surface area (Å²) in [6.07, 6.45) is 7.43. The lowest BCUT2D eigenvalue weighted by atomic mass is 9.73. The molecular weight excluding hydrogens is 263 g/mol. The highest BCUT2D eigenvalue weighted by molar-refractivity contribution is 5.19. The number of halogens is 1. The second-order valence-corrected chi connectivity index (χ2v) is 6.50. The predicted molar refractivity (Wildman–Crippen MR) is 87.1 cm³/mol. The highest BCUT2D eigenvalue weighted by atomic mass is 19.1. The van der Waals surface area contributed by atoms with Crippen LogP contribution >= 0.6 is 0 Å². The summed E-state index contributed by atoms with van der Waals surface area (Å²) in [5, 5.41) is 3.70. The first kappa shape index (κ1) is 16.4. The van der Waals surface area contributed by atoms with Crippen LogP contribution in [0.3, 0.4) is 0 Å². The van der Waals surface area contributed by atoms with E-state index in [0.717, 1.165) is 13.0 Å². The van der Waals surface area contributed by atoms with E-state index in [1.807, 2.05) is 12.1 Å². The van der Waals surface area contributed by atoms with E-state index in [1.54, 1.807) is 12.1 Å². The minimum atomic E-state index is -0.154. The van der Waals surface area contributed by atoms with E-state index in [4.69, 9.17) is 0 Å². The number of rotatable bonds is 6. The Morgan fingerprint density at radius 2 is 1.76 bits per heavy atom. The molecule has 3 heteroatoms. The van der Waals surface area contributed by atoms with Crippen LogP contribution in [0, 0.1) is 5.82 Å². The molecule has 0 aromatic heterocycles. The molecule has 0 spiro atoms. The first-order chi connectivity index (χ1) is 10.1. The first-order valence-corrected chi connectivity index (χ1v) is 8.24. The summed E-state index contributed by atoms with van der Waals surface area (Å²) in [5.74, 6) is -0.154. The van der Waals surface area contributed by atoms with Crippen LogP contribution in [0.5, 0.6) is 0 Å². The van der Waals surface area contributed by atoms with Crippen molar-refractivity contribution in [2.24, 2.45) is 0 Å². The molecule has 1 aliphatic carbocycles. The fraction of sp³-hybridized carbons (Fsp3) is 0.667. The van der Waals surface area contributed by atoms with Crippen molar-refractivity contribution in [3.8, 4) is 0 Å².